The van der Waals surface area contributed by atoms with Crippen molar-refractivity contribution in [1.82, 2.24) is 0 Å². The van der Waals surface area contributed by atoms with E-state index in [2.05, 4.69) is 15.5 Å². The Hall–Kier alpha value is -3.04. The van der Waals surface area contributed by atoms with E-state index < -0.39 is 17.7 Å². The summed E-state index contributed by atoms with van der Waals surface area (Å²) in [5.74, 6) is 0.260. The van der Waals surface area contributed by atoms with E-state index in [1.165, 1.54) is 19.1 Å². The number of Topliss-reactive ketones (excluding diaryl/α,β-unsaturated/α-hetero) is 1. The highest BCUT2D eigenvalue weighted by Crippen LogP contribution is 2.40. The van der Waals surface area contributed by atoms with Crippen LogP contribution in [0.5, 0.6) is 23.0 Å². The molecule has 2 rings (SSSR count). The van der Waals surface area contributed by atoms with E-state index >= 15 is 0 Å². The maximum absolute atomic E-state index is 12.9. The van der Waals surface area contributed by atoms with E-state index in [4.69, 9.17) is 42.1 Å². The van der Waals surface area contributed by atoms with Crippen LogP contribution in [0, 0.1) is 0 Å². The molecule has 2 aromatic rings. The predicted octanol–water partition coefficient (Wildman–Crippen LogP) is 6.27. The lowest BCUT2D eigenvalue weighted by Crippen LogP contribution is -2.31. The molecule has 1 atom stereocenters. The molecule has 0 bridgehead atoms. The second-order valence-electron chi connectivity index (χ2n) is 6.99. The van der Waals surface area contributed by atoms with Gasteiger partial charge >= 0.3 is 0 Å². The largest absolute Gasteiger partial charge is 0.494 e. The summed E-state index contributed by atoms with van der Waals surface area (Å²) in [7, 11) is 0. The van der Waals surface area contributed by atoms with Gasteiger partial charge in [-0.3, -0.25) is 9.59 Å². The van der Waals surface area contributed by atoms with Gasteiger partial charge in [0.15, 0.2) is 11.5 Å². The van der Waals surface area contributed by atoms with Crippen molar-refractivity contribution in [2.45, 2.75) is 40.7 Å². The van der Waals surface area contributed by atoms with E-state index in [0.717, 1.165) is 0 Å². The van der Waals surface area contributed by atoms with Crippen LogP contribution in [0.1, 0.15) is 34.6 Å². The number of halogens is 2. The number of nitrogens with one attached hydrogen (secondary N) is 1. The zero-order valence-electron chi connectivity index (χ0n) is 20.3. The van der Waals surface area contributed by atoms with Crippen molar-refractivity contribution in [2.24, 2.45) is 10.2 Å². The number of benzene rings is 2. The normalized spacial score (nSPS) is 11.7. The third-order valence-electron chi connectivity index (χ3n) is 4.39. The molecule has 1 unspecified atom stereocenters. The lowest BCUT2D eigenvalue weighted by atomic mass is 10.2. The number of anilines is 1. The molecule has 1 N–H and O–H groups in total. The number of nitrogens with zero attached hydrogens (tertiary/aromatic N) is 2. The quantitative estimate of drug-likeness (QED) is 0.244. The van der Waals surface area contributed by atoms with Crippen LogP contribution < -0.4 is 24.3 Å². The van der Waals surface area contributed by atoms with E-state index in [9.17, 15) is 9.59 Å². The minimum Gasteiger partial charge on any atom is -0.494 e. The Kier molecular flexibility index (Phi) is 11.1. The summed E-state index contributed by atoms with van der Waals surface area (Å²) in [6, 6.07) is 4.82. The molecule has 9 nitrogen and oxygen atoms in total. The second kappa shape index (κ2) is 13.7. The van der Waals surface area contributed by atoms with Gasteiger partial charge in [0.25, 0.3) is 5.91 Å². The zero-order chi connectivity index (χ0) is 26.0. The average Bonchev–Trinajstić information content (AvgIpc) is 2.79. The fourth-order valence-corrected chi connectivity index (χ4v) is 3.43. The van der Waals surface area contributed by atoms with Crippen LogP contribution in [0.2, 0.25) is 10.0 Å². The third kappa shape index (κ3) is 7.73. The molecule has 0 aromatic heterocycles. The minimum absolute atomic E-state index is 0.180. The van der Waals surface area contributed by atoms with Gasteiger partial charge in [-0.25, -0.2) is 0 Å². The molecule has 0 aliphatic heterocycles. The van der Waals surface area contributed by atoms with Gasteiger partial charge < -0.3 is 24.3 Å². The number of hydrogen-bond acceptors (Lipinski definition) is 8. The highest BCUT2D eigenvalue weighted by molar-refractivity contribution is 6.34. The Balaban J connectivity index is 2.36. The van der Waals surface area contributed by atoms with E-state index in [-0.39, 0.29) is 15.7 Å². The Morgan fingerprint density at radius 3 is 1.91 bits per heavy atom. The van der Waals surface area contributed by atoms with Crippen molar-refractivity contribution in [3.05, 3.63) is 34.3 Å². The smallest absolute Gasteiger partial charge is 0.258 e. The second-order valence-corrected chi connectivity index (χ2v) is 7.77. The number of carbonyl (C=O) groups excluding carboxylic acids is 2. The van der Waals surface area contributed by atoms with Gasteiger partial charge in [0, 0.05) is 30.0 Å². The summed E-state index contributed by atoms with van der Waals surface area (Å²) < 4.78 is 22.1. The Morgan fingerprint density at radius 2 is 1.40 bits per heavy atom. The molecule has 0 heterocycles. The summed E-state index contributed by atoms with van der Waals surface area (Å²) >= 11 is 12.7. The highest BCUT2D eigenvalue weighted by Gasteiger charge is 2.25. The van der Waals surface area contributed by atoms with Crippen LogP contribution in [0.25, 0.3) is 0 Å². The van der Waals surface area contributed by atoms with Crippen molar-refractivity contribution in [3.8, 4) is 23.0 Å². The number of ketones is 1. The SMILES string of the molecule is CCOc1cc(Cl)c(N=NC(C(C)=O)C(=O)Nc2cc(OCC)c(Cl)c(OCC)c2)c(OCC)c1. The molecule has 1 amide bonds. The number of amides is 1. The number of azo groups is 1. The van der Waals surface area contributed by atoms with Gasteiger partial charge in [-0.05, 0) is 34.6 Å². The summed E-state index contributed by atoms with van der Waals surface area (Å²) in [5.41, 5.74) is 0.502. The Labute approximate surface area is 214 Å². The maximum atomic E-state index is 12.9. The number of carbonyl (C=O) groups is 2. The highest BCUT2D eigenvalue weighted by atomic mass is 35.5. The molecule has 0 saturated carbocycles. The van der Waals surface area contributed by atoms with Crippen LogP contribution in [0.3, 0.4) is 0 Å². The molecular formula is C24H29Cl2N3O6. The van der Waals surface area contributed by atoms with Crippen molar-refractivity contribution in [3.63, 3.8) is 0 Å². The molecule has 0 aliphatic rings. The van der Waals surface area contributed by atoms with Gasteiger partial charge in [0.05, 0.1) is 31.5 Å². The van der Waals surface area contributed by atoms with Crippen molar-refractivity contribution < 1.29 is 28.5 Å². The van der Waals surface area contributed by atoms with E-state index in [1.807, 2.05) is 6.92 Å². The first-order valence-corrected chi connectivity index (χ1v) is 11.9. The van der Waals surface area contributed by atoms with Crippen molar-refractivity contribution in [2.75, 3.05) is 31.7 Å². The zero-order valence-corrected chi connectivity index (χ0v) is 21.8. The van der Waals surface area contributed by atoms with Crippen LogP contribution in [-0.4, -0.2) is 44.2 Å². The molecule has 35 heavy (non-hydrogen) atoms. The first kappa shape index (κ1) is 28.2. The van der Waals surface area contributed by atoms with Gasteiger partial charge in [-0.2, -0.15) is 5.11 Å². The summed E-state index contributed by atoms with van der Waals surface area (Å²) in [6.45, 7) is 9.98. The molecular weight excluding hydrogens is 497 g/mol. The average molecular weight is 526 g/mol. The summed E-state index contributed by atoms with van der Waals surface area (Å²) in [5, 5.41) is 11.2. The van der Waals surface area contributed by atoms with Crippen LogP contribution in [-0.2, 0) is 9.59 Å². The topological polar surface area (TPSA) is 108 Å². The number of ether oxygens (including phenoxy) is 4. The Bertz CT molecular complexity index is 1050. The van der Waals surface area contributed by atoms with Gasteiger partial charge in [-0.15, -0.1) is 5.11 Å². The first-order valence-electron chi connectivity index (χ1n) is 11.2. The van der Waals surface area contributed by atoms with Gasteiger partial charge in [-0.1, -0.05) is 23.2 Å². The first-order chi connectivity index (χ1) is 16.7. The minimum atomic E-state index is -1.44. The van der Waals surface area contributed by atoms with Crippen LogP contribution >= 0.6 is 23.2 Å². The summed E-state index contributed by atoms with van der Waals surface area (Å²) in [6.07, 6.45) is 0. The van der Waals surface area contributed by atoms with E-state index in [0.29, 0.717) is 55.1 Å². The van der Waals surface area contributed by atoms with Crippen molar-refractivity contribution in [1.29, 1.82) is 0 Å². The molecule has 2 aromatic carbocycles. The van der Waals surface area contributed by atoms with Gasteiger partial charge in [0.2, 0.25) is 6.04 Å². The Morgan fingerprint density at radius 1 is 0.857 bits per heavy atom. The molecule has 0 radical (unpaired) electrons. The molecule has 0 aliphatic carbocycles. The standard InChI is InChI=1S/C24H29Cl2N3O6/c1-6-32-16-12-17(25)23(20(13-16)35-9-4)29-28-22(14(5)30)24(31)27-15-10-18(33-7-2)21(26)19(11-15)34-8-3/h10-13,22H,6-9H2,1-5H3,(H,27,31). The lowest BCUT2D eigenvalue weighted by Gasteiger charge is -2.15. The van der Waals surface area contributed by atoms with Crippen molar-refractivity contribution >= 4 is 46.3 Å². The van der Waals surface area contributed by atoms with Crippen LogP contribution in [0.4, 0.5) is 11.4 Å². The van der Waals surface area contributed by atoms with E-state index in [1.54, 1.807) is 32.9 Å². The molecule has 190 valence electrons. The molecule has 11 heteroatoms. The fourth-order valence-electron chi connectivity index (χ4n) is 2.97. The number of hydrogen-bond donors (Lipinski definition) is 1. The summed E-state index contributed by atoms with van der Waals surface area (Å²) in [4.78, 5) is 25.2. The lowest BCUT2D eigenvalue weighted by molar-refractivity contribution is -0.126. The maximum Gasteiger partial charge on any atom is 0.258 e. The molecule has 0 spiro atoms. The predicted molar refractivity (Wildman–Crippen MR) is 135 cm³/mol. The third-order valence-corrected chi connectivity index (χ3v) is 5.05. The van der Waals surface area contributed by atoms with Crippen LogP contribution in [0.15, 0.2) is 34.5 Å². The monoisotopic (exact) mass is 525 g/mol. The molecule has 0 fully saturated rings. The number of rotatable bonds is 13. The van der Waals surface area contributed by atoms with Gasteiger partial charge in [0.1, 0.15) is 28.0 Å². The molecule has 0 saturated heterocycles. The fraction of sp³-hybridized carbons (Fsp3) is 0.417.